The van der Waals surface area contributed by atoms with Gasteiger partial charge in [-0.25, -0.2) is 0 Å². The van der Waals surface area contributed by atoms with Crippen LogP contribution in [-0.2, 0) is 4.79 Å². The third-order valence-electron chi connectivity index (χ3n) is 4.26. The highest BCUT2D eigenvalue weighted by Crippen LogP contribution is 2.22. The van der Waals surface area contributed by atoms with E-state index in [1.165, 1.54) is 12.8 Å². The summed E-state index contributed by atoms with van der Waals surface area (Å²) in [7, 11) is 0. The Morgan fingerprint density at radius 3 is 2.65 bits per heavy atom. The van der Waals surface area contributed by atoms with E-state index in [0.29, 0.717) is 24.4 Å². The maximum atomic E-state index is 12.3. The van der Waals surface area contributed by atoms with E-state index < -0.39 is 0 Å². The van der Waals surface area contributed by atoms with Crippen LogP contribution in [0.15, 0.2) is 0 Å². The standard InChI is InChI=1S/C13H25N3O/c1-11-4-3-7-16(12(11)2)13(17)10-15-8-5-14-6-9-15/h11-12,14H,3-10H2,1-2H3. The lowest BCUT2D eigenvalue weighted by molar-refractivity contribution is -0.137. The van der Waals surface area contributed by atoms with Gasteiger partial charge in [-0.15, -0.1) is 0 Å². The Kier molecular flexibility index (Phi) is 4.40. The lowest BCUT2D eigenvalue weighted by Gasteiger charge is -2.39. The highest BCUT2D eigenvalue weighted by atomic mass is 16.2. The Hall–Kier alpha value is -0.610. The number of hydrogen-bond acceptors (Lipinski definition) is 3. The van der Waals surface area contributed by atoms with E-state index in [4.69, 9.17) is 0 Å². The van der Waals surface area contributed by atoms with Crippen LogP contribution in [0.25, 0.3) is 0 Å². The van der Waals surface area contributed by atoms with Crippen LogP contribution in [0.5, 0.6) is 0 Å². The van der Waals surface area contributed by atoms with Crippen molar-refractivity contribution in [2.45, 2.75) is 32.7 Å². The first-order chi connectivity index (χ1) is 8.18. The average Bonchev–Trinajstić information content (AvgIpc) is 2.34. The number of amides is 1. The zero-order valence-corrected chi connectivity index (χ0v) is 11.1. The molecule has 2 atom stereocenters. The third kappa shape index (κ3) is 3.19. The van der Waals surface area contributed by atoms with E-state index in [1.54, 1.807) is 0 Å². The molecule has 2 unspecified atom stereocenters. The van der Waals surface area contributed by atoms with Gasteiger partial charge in [-0.1, -0.05) is 6.92 Å². The van der Waals surface area contributed by atoms with Crippen molar-refractivity contribution in [3.63, 3.8) is 0 Å². The van der Waals surface area contributed by atoms with Gasteiger partial charge in [0.2, 0.25) is 5.91 Å². The zero-order chi connectivity index (χ0) is 12.3. The predicted octanol–water partition coefficient (Wildman–Crippen LogP) is 0.539. The summed E-state index contributed by atoms with van der Waals surface area (Å²) in [6.07, 6.45) is 2.43. The fourth-order valence-corrected chi connectivity index (χ4v) is 2.84. The molecule has 2 fully saturated rings. The van der Waals surface area contributed by atoms with Gasteiger partial charge >= 0.3 is 0 Å². The topological polar surface area (TPSA) is 35.6 Å². The van der Waals surface area contributed by atoms with Gasteiger partial charge in [0.25, 0.3) is 0 Å². The first-order valence-corrected chi connectivity index (χ1v) is 6.91. The normalized spacial score (nSPS) is 31.5. The van der Waals surface area contributed by atoms with Crippen molar-refractivity contribution in [2.75, 3.05) is 39.3 Å². The summed E-state index contributed by atoms with van der Waals surface area (Å²) in [6, 6.07) is 0.416. The molecule has 0 spiro atoms. The summed E-state index contributed by atoms with van der Waals surface area (Å²) in [4.78, 5) is 16.6. The molecule has 2 heterocycles. The summed E-state index contributed by atoms with van der Waals surface area (Å²) < 4.78 is 0. The lowest BCUT2D eigenvalue weighted by atomic mass is 9.92. The van der Waals surface area contributed by atoms with Crippen LogP contribution in [0.4, 0.5) is 0 Å². The molecule has 1 N–H and O–H groups in total. The first kappa shape index (κ1) is 12.8. The predicted molar refractivity (Wildman–Crippen MR) is 68.9 cm³/mol. The van der Waals surface area contributed by atoms with E-state index in [-0.39, 0.29) is 0 Å². The molecule has 17 heavy (non-hydrogen) atoms. The Balaban J connectivity index is 1.85. The van der Waals surface area contributed by atoms with Crippen LogP contribution in [0.3, 0.4) is 0 Å². The maximum Gasteiger partial charge on any atom is 0.236 e. The van der Waals surface area contributed by atoms with Crippen molar-refractivity contribution >= 4 is 5.91 Å². The Bertz CT molecular complexity index is 263. The van der Waals surface area contributed by atoms with Gasteiger partial charge in [0.05, 0.1) is 6.54 Å². The molecule has 2 saturated heterocycles. The molecule has 0 saturated carbocycles. The minimum absolute atomic E-state index is 0.325. The van der Waals surface area contributed by atoms with Gasteiger partial charge in [-0.3, -0.25) is 9.69 Å². The lowest BCUT2D eigenvalue weighted by Crippen LogP contribution is -2.52. The van der Waals surface area contributed by atoms with Crippen LogP contribution in [0.1, 0.15) is 26.7 Å². The fourth-order valence-electron chi connectivity index (χ4n) is 2.84. The number of nitrogens with zero attached hydrogens (tertiary/aromatic N) is 2. The van der Waals surface area contributed by atoms with Crippen molar-refractivity contribution in [1.82, 2.24) is 15.1 Å². The smallest absolute Gasteiger partial charge is 0.236 e. The molecule has 2 aliphatic heterocycles. The summed E-state index contributed by atoms with van der Waals surface area (Å²) in [5.74, 6) is 0.974. The second-order valence-electron chi connectivity index (χ2n) is 5.47. The summed E-state index contributed by atoms with van der Waals surface area (Å²) in [6.45, 7) is 10.1. The Morgan fingerprint density at radius 1 is 1.24 bits per heavy atom. The van der Waals surface area contributed by atoms with Crippen molar-refractivity contribution < 1.29 is 4.79 Å². The molecule has 0 aromatic heterocycles. The maximum absolute atomic E-state index is 12.3. The number of hydrogen-bond donors (Lipinski definition) is 1. The fraction of sp³-hybridized carbons (Fsp3) is 0.923. The molecule has 1 amide bonds. The van der Waals surface area contributed by atoms with Crippen LogP contribution < -0.4 is 5.32 Å². The van der Waals surface area contributed by atoms with E-state index >= 15 is 0 Å². The number of piperidine rings is 1. The van der Waals surface area contributed by atoms with Gasteiger partial charge in [0.15, 0.2) is 0 Å². The minimum Gasteiger partial charge on any atom is -0.339 e. The molecule has 2 rings (SSSR count). The van der Waals surface area contributed by atoms with Crippen molar-refractivity contribution in [3.05, 3.63) is 0 Å². The molecular weight excluding hydrogens is 214 g/mol. The van der Waals surface area contributed by atoms with E-state index in [1.807, 2.05) is 0 Å². The number of rotatable bonds is 2. The molecule has 4 nitrogen and oxygen atoms in total. The van der Waals surface area contributed by atoms with Crippen LogP contribution in [0, 0.1) is 5.92 Å². The summed E-state index contributed by atoms with van der Waals surface area (Å²) >= 11 is 0. The first-order valence-electron chi connectivity index (χ1n) is 6.91. The van der Waals surface area contributed by atoms with Gasteiger partial charge in [-0.05, 0) is 25.7 Å². The van der Waals surface area contributed by atoms with E-state index in [2.05, 4.69) is 29.0 Å². The van der Waals surface area contributed by atoms with Gasteiger partial charge < -0.3 is 10.2 Å². The van der Waals surface area contributed by atoms with Gasteiger partial charge in [0, 0.05) is 38.8 Å². The largest absolute Gasteiger partial charge is 0.339 e. The Labute approximate surface area is 104 Å². The van der Waals surface area contributed by atoms with Crippen LogP contribution in [0.2, 0.25) is 0 Å². The van der Waals surface area contributed by atoms with Gasteiger partial charge in [0.1, 0.15) is 0 Å². The average molecular weight is 239 g/mol. The monoisotopic (exact) mass is 239 g/mol. The Morgan fingerprint density at radius 2 is 1.94 bits per heavy atom. The summed E-state index contributed by atoms with van der Waals surface area (Å²) in [5, 5.41) is 3.32. The number of piperazine rings is 1. The van der Waals surface area contributed by atoms with Crippen LogP contribution >= 0.6 is 0 Å². The van der Waals surface area contributed by atoms with Crippen molar-refractivity contribution in [1.29, 1.82) is 0 Å². The van der Waals surface area contributed by atoms with Crippen LogP contribution in [-0.4, -0.2) is 61.0 Å². The highest BCUT2D eigenvalue weighted by Gasteiger charge is 2.29. The molecule has 0 aromatic rings. The molecule has 0 aromatic carbocycles. The second-order valence-corrected chi connectivity index (χ2v) is 5.47. The third-order valence-corrected chi connectivity index (χ3v) is 4.26. The second kappa shape index (κ2) is 5.83. The van der Waals surface area contributed by atoms with Gasteiger partial charge in [-0.2, -0.15) is 0 Å². The number of carbonyl (C=O) groups excluding carboxylic acids is 1. The molecule has 0 bridgehead atoms. The molecular formula is C13H25N3O. The number of carbonyl (C=O) groups is 1. The molecule has 0 aliphatic carbocycles. The molecule has 4 heteroatoms. The number of nitrogens with one attached hydrogen (secondary N) is 1. The van der Waals surface area contributed by atoms with Crippen molar-refractivity contribution in [3.8, 4) is 0 Å². The van der Waals surface area contributed by atoms with E-state index in [0.717, 1.165) is 32.7 Å². The SMILES string of the molecule is CC1CCCN(C(=O)CN2CCNCC2)C1C. The number of likely N-dealkylation sites (tertiary alicyclic amines) is 1. The molecule has 0 radical (unpaired) electrons. The minimum atomic E-state index is 0.325. The van der Waals surface area contributed by atoms with E-state index in [9.17, 15) is 4.79 Å². The highest BCUT2D eigenvalue weighted by molar-refractivity contribution is 5.78. The quantitative estimate of drug-likeness (QED) is 0.764. The summed E-state index contributed by atoms with van der Waals surface area (Å²) in [5.41, 5.74) is 0. The zero-order valence-electron chi connectivity index (χ0n) is 11.1. The molecule has 2 aliphatic rings. The molecule has 98 valence electrons. The van der Waals surface area contributed by atoms with Crippen molar-refractivity contribution in [2.24, 2.45) is 5.92 Å².